The van der Waals surface area contributed by atoms with Gasteiger partial charge in [0.1, 0.15) is 11.5 Å². The molecule has 0 bridgehead atoms. The Bertz CT molecular complexity index is 352. The molecule has 2 saturated heterocycles. The predicted octanol–water partition coefficient (Wildman–Crippen LogP) is 0.0763. The van der Waals surface area contributed by atoms with E-state index in [1.54, 1.807) is 7.05 Å². The quantitative estimate of drug-likeness (QED) is 0.636. The molecule has 104 valence electrons. The Morgan fingerprint density at radius 2 is 2.22 bits per heavy atom. The number of aliphatic imine (C=N–C) groups is 1. The summed E-state index contributed by atoms with van der Waals surface area (Å²) in [4.78, 5) is 3.88. The first-order chi connectivity index (χ1) is 8.32. The molecule has 3 N–H and O–H groups in total. The maximum atomic E-state index is 12.4. The van der Waals surface area contributed by atoms with E-state index in [9.17, 15) is 18.3 Å². The van der Waals surface area contributed by atoms with Crippen molar-refractivity contribution in [1.82, 2.24) is 5.32 Å². The Morgan fingerprint density at radius 3 is 2.78 bits per heavy atom. The molecule has 0 spiro atoms. The van der Waals surface area contributed by atoms with Gasteiger partial charge in [0.15, 0.2) is 11.3 Å². The van der Waals surface area contributed by atoms with Crippen molar-refractivity contribution in [3.63, 3.8) is 0 Å². The molecule has 0 amide bonds. The molecule has 5 nitrogen and oxygen atoms in total. The topological polar surface area (TPSA) is 74.1 Å². The van der Waals surface area contributed by atoms with Gasteiger partial charge in [-0.25, -0.2) is 0 Å². The van der Waals surface area contributed by atoms with Crippen LogP contribution in [-0.4, -0.2) is 58.4 Å². The van der Waals surface area contributed by atoms with Crippen LogP contribution in [0.15, 0.2) is 4.99 Å². The lowest BCUT2D eigenvalue weighted by atomic mass is 9.97. The van der Waals surface area contributed by atoms with Crippen molar-refractivity contribution in [1.29, 1.82) is 0 Å². The van der Waals surface area contributed by atoms with Crippen LogP contribution < -0.4 is 5.32 Å². The van der Waals surface area contributed by atoms with Crippen LogP contribution in [0.3, 0.4) is 0 Å². The number of nitrogens with one attached hydrogen (secondary N) is 1. The van der Waals surface area contributed by atoms with Crippen LogP contribution >= 0.6 is 11.8 Å². The van der Waals surface area contributed by atoms with E-state index < -0.39 is 29.9 Å². The zero-order valence-corrected chi connectivity index (χ0v) is 10.2. The third-order valence-electron chi connectivity index (χ3n) is 2.88. The molecule has 0 saturated carbocycles. The molecule has 2 aliphatic rings. The molecule has 5 unspecified atom stereocenters. The van der Waals surface area contributed by atoms with Crippen molar-refractivity contribution in [2.45, 2.75) is 42.4 Å². The van der Waals surface area contributed by atoms with Gasteiger partial charge in [0, 0.05) is 7.05 Å². The van der Waals surface area contributed by atoms with E-state index in [1.165, 1.54) is 0 Å². The second-order valence-electron chi connectivity index (χ2n) is 4.16. The van der Waals surface area contributed by atoms with Crippen molar-refractivity contribution < 1.29 is 28.1 Å². The summed E-state index contributed by atoms with van der Waals surface area (Å²) in [7, 11) is 1.55. The van der Waals surface area contributed by atoms with E-state index in [0.29, 0.717) is 5.17 Å². The number of ether oxygens (including phenoxy) is 1. The van der Waals surface area contributed by atoms with Crippen LogP contribution in [0.1, 0.15) is 6.42 Å². The van der Waals surface area contributed by atoms with Crippen LogP contribution in [0, 0.1) is 0 Å². The van der Waals surface area contributed by atoms with E-state index >= 15 is 0 Å². The van der Waals surface area contributed by atoms with Crippen LogP contribution in [0.4, 0.5) is 13.2 Å². The molecule has 2 aliphatic heterocycles. The third-order valence-corrected chi connectivity index (χ3v) is 4.08. The van der Waals surface area contributed by atoms with E-state index in [2.05, 4.69) is 10.3 Å². The van der Waals surface area contributed by atoms with Gasteiger partial charge in [0.2, 0.25) is 0 Å². The van der Waals surface area contributed by atoms with Gasteiger partial charge in [-0.3, -0.25) is 4.99 Å². The number of aliphatic hydroxyl groups excluding tert-OH is 2. The number of thioether (sulfide) groups is 1. The molecule has 0 radical (unpaired) electrons. The number of fused-ring (bicyclic) bond motifs is 1. The SMILES string of the molecule is CN=C1NC2CC(O)C(C(O)C(F)(F)F)OC2S1. The minimum absolute atomic E-state index is 0.0779. The minimum Gasteiger partial charge on any atom is -0.390 e. The monoisotopic (exact) mass is 286 g/mol. The van der Waals surface area contributed by atoms with Crippen molar-refractivity contribution in [3.05, 3.63) is 0 Å². The Kier molecular flexibility index (Phi) is 3.77. The van der Waals surface area contributed by atoms with Gasteiger partial charge in [0.25, 0.3) is 0 Å². The fourth-order valence-electron chi connectivity index (χ4n) is 1.97. The molecule has 18 heavy (non-hydrogen) atoms. The molecule has 5 atom stereocenters. The van der Waals surface area contributed by atoms with E-state index in [1.807, 2.05) is 0 Å². The first-order valence-corrected chi connectivity index (χ1v) is 6.19. The highest BCUT2D eigenvalue weighted by Gasteiger charge is 2.52. The smallest absolute Gasteiger partial charge is 0.390 e. The molecule has 0 aromatic heterocycles. The van der Waals surface area contributed by atoms with Crippen molar-refractivity contribution in [2.75, 3.05) is 7.05 Å². The predicted molar refractivity (Wildman–Crippen MR) is 59.2 cm³/mol. The summed E-state index contributed by atoms with van der Waals surface area (Å²) in [5, 5.41) is 22.3. The number of rotatable bonds is 1. The maximum Gasteiger partial charge on any atom is 0.417 e. The highest BCUT2D eigenvalue weighted by Crippen LogP contribution is 2.37. The molecular weight excluding hydrogens is 273 g/mol. The lowest BCUT2D eigenvalue weighted by Crippen LogP contribution is -2.55. The highest BCUT2D eigenvalue weighted by molar-refractivity contribution is 8.14. The number of hydrogen-bond acceptors (Lipinski definition) is 5. The van der Waals surface area contributed by atoms with Gasteiger partial charge < -0.3 is 20.3 Å². The van der Waals surface area contributed by atoms with Crippen LogP contribution in [-0.2, 0) is 4.74 Å². The summed E-state index contributed by atoms with van der Waals surface area (Å²) in [5.41, 5.74) is -0.575. The summed E-state index contributed by atoms with van der Waals surface area (Å²) in [5.74, 6) is 0. The zero-order chi connectivity index (χ0) is 13.5. The van der Waals surface area contributed by atoms with E-state index in [-0.39, 0.29) is 12.5 Å². The van der Waals surface area contributed by atoms with Gasteiger partial charge in [0.05, 0.1) is 12.1 Å². The van der Waals surface area contributed by atoms with Crippen molar-refractivity contribution in [3.8, 4) is 0 Å². The fraction of sp³-hybridized carbons (Fsp3) is 0.889. The second kappa shape index (κ2) is 4.87. The van der Waals surface area contributed by atoms with Crippen molar-refractivity contribution in [2.24, 2.45) is 4.99 Å². The number of halogens is 3. The average molecular weight is 286 g/mol. The van der Waals surface area contributed by atoms with Gasteiger partial charge in [-0.15, -0.1) is 0 Å². The molecule has 2 rings (SSSR count). The second-order valence-corrected chi connectivity index (χ2v) is 5.24. The summed E-state index contributed by atoms with van der Waals surface area (Å²) in [6, 6.07) is -0.291. The summed E-state index contributed by atoms with van der Waals surface area (Å²) in [6.07, 6.45) is -10.4. The maximum absolute atomic E-state index is 12.4. The van der Waals surface area contributed by atoms with Crippen LogP contribution in [0.5, 0.6) is 0 Å². The summed E-state index contributed by atoms with van der Waals surface area (Å²) in [6.45, 7) is 0. The standard InChI is InChI=1S/C9H13F3N2O3S/c1-13-8-14-3-2-4(15)5(17-7(3)18-8)6(16)9(10,11)12/h3-7,15-16H,2H2,1H3,(H,13,14). The van der Waals surface area contributed by atoms with Crippen molar-refractivity contribution >= 4 is 16.9 Å². The van der Waals surface area contributed by atoms with E-state index in [0.717, 1.165) is 11.8 Å². The number of alkyl halides is 3. The Balaban J connectivity index is 2.08. The molecule has 9 heteroatoms. The first-order valence-electron chi connectivity index (χ1n) is 5.31. The number of hydrogen-bond donors (Lipinski definition) is 3. The Hall–Kier alpha value is -0.510. The minimum atomic E-state index is -4.81. The van der Waals surface area contributed by atoms with Gasteiger partial charge >= 0.3 is 6.18 Å². The molecule has 2 heterocycles. The van der Waals surface area contributed by atoms with Gasteiger partial charge in [-0.1, -0.05) is 11.8 Å². The van der Waals surface area contributed by atoms with Crippen LogP contribution in [0.25, 0.3) is 0 Å². The third kappa shape index (κ3) is 2.58. The molecule has 0 aromatic rings. The fourth-order valence-corrected chi connectivity index (χ4v) is 3.05. The largest absolute Gasteiger partial charge is 0.417 e. The number of nitrogens with zero attached hydrogens (tertiary/aromatic N) is 1. The summed E-state index contributed by atoms with van der Waals surface area (Å²) < 4.78 is 42.4. The van der Waals surface area contributed by atoms with Gasteiger partial charge in [-0.2, -0.15) is 13.2 Å². The molecular formula is C9H13F3N2O3S. The number of amidine groups is 1. The first kappa shape index (κ1) is 13.9. The molecule has 2 fully saturated rings. The van der Waals surface area contributed by atoms with Gasteiger partial charge in [-0.05, 0) is 6.42 Å². The molecule has 0 aromatic carbocycles. The average Bonchev–Trinajstić information content (AvgIpc) is 2.67. The molecule has 0 aliphatic carbocycles. The summed E-state index contributed by atoms with van der Waals surface area (Å²) >= 11 is 1.16. The lowest BCUT2D eigenvalue weighted by molar-refractivity contribution is -0.260. The van der Waals surface area contributed by atoms with Crippen LogP contribution in [0.2, 0.25) is 0 Å². The number of aliphatic hydroxyl groups is 2. The Labute approximate surface area is 105 Å². The Morgan fingerprint density at radius 1 is 1.56 bits per heavy atom. The zero-order valence-electron chi connectivity index (χ0n) is 9.39. The highest BCUT2D eigenvalue weighted by atomic mass is 32.2. The normalized spacial score (nSPS) is 40.4. The lowest BCUT2D eigenvalue weighted by Gasteiger charge is -2.37. The van der Waals surface area contributed by atoms with E-state index in [4.69, 9.17) is 9.84 Å².